The average Bonchev–Trinajstić information content (AvgIpc) is 2.69. The van der Waals surface area contributed by atoms with Gasteiger partial charge in [0.2, 0.25) is 11.9 Å². The number of anilines is 3. The van der Waals surface area contributed by atoms with Crippen LogP contribution in [0.3, 0.4) is 0 Å². The van der Waals surface area contributed by atoms with Crippen LogP contribution in [-0.4, -0.2) is 58.8 Å². The first-order chi connectivity index (χ1) is 13.0. The molecule has 0 spiro atoms. The molecule has 1 aliphatic rings. The van der Waals surface area contributed by atoms with Gasteiger partial charge in [-0.1, -0.05) is 0 Å². The molecule has 3 rings (SSSR count). The van der Waals surface area contributed by atoms with E-state index in [0.29, 0.717) is 43.5 Å². The Labute approximate surface area is 156 Å². The van der Waals surface area contributed by atoms with Gasteiger partial charge in [-0.05, 0) is 30.3 Å². The molecule has 2 aromatic rings. The number of hydrogen-bond donors (Lipinski definition) is 1. The first-order valence-corrected chi connectivity index (χ1v) is 8.49. The molecule has 1 saturated heterocycles. The molecule has 0 aliphatic carbocycles. The largest absolute Gasteiger partial charge is 0.399 e. The zero-order valence-corrected chi connectivity index (χ0v) is 14.9. The molecule has 0 unspecified atom stereocenters. The van der Waals surface area contributed by atoms with Crippen LogP contribution < -0.4 is 15.5 Å². The maximum Gasteiger partial charge on any atom is 0.323 e. The molecular weight excluding hydrogens is 348 g/mol. The van der Waals surface area contributed by atoms with Crippen molar-refractivity contribution >= 4 is 35.0 Å². The van der Waals surface area contributed by atoms with Crippen molar-refractivity contribution in [3.8, 4) is 0 Å². The highest BCUT2D eigenvalue weighted by molar-refractivity contribution is 6.45. The molecule has 2 N–H and O–H groups in total. The first-order valence-electron chi connectivity index (χ1n) is 8.49. The van der Waals surface area contributed by atoms with E-state index in [1.54, 1.807) is 30.6 Å². The van der Waals surface area contributed by atoms with Crippen molar-refractivity contribution in [3.05, 3.63) is 42.7 Å². The van der Waals surface area contributed by atoms with Gasteiger partial charge < -0.3 is 15.5 Å². The highest BCUT2D eigenvalue weighted by Gasteiger charge is 2.32. The quantitative estimate of drug-likeness (QED) is 0.599. The maximum atomic E-state index is 12.7. The van der Waals surface area contributed by atoms with E-state index < -0.39 is 17.7 Å². The monoisotopic (exact) mass is 368 g/mol. The number of piperazine rings is 1. The Morgan fingerprint density at radius 3 is 2.15 bits per heavy atom. The second-order valence-electron chi connectivity index (χ2n) is 6.08. The Bertz CT molecular complexity index is 832. The van der Waals surface area contributed by atoms with Crippen LogP contribution >= 0.6 is 0 Å². The maximum absolute atomic E-state index is 12.7. The third kappa shape index (κ3) is 4.02. The Kier molecular flexibility index (Phi) is 5.30. The van der Waals surface area contributed by atoms with Crippen LogP contribution in [0.4, 0.5) is 17.3 Å². The fourth-order valence-corrected chi connectivity index (χ4v) is 2.86. The van der Waals surface area contributed by atoms with E-state index in [1.165, 1.54) is 24.0 Å². The van der Waals surface area contributed by atoms with Gasteiger partial charge in [0.05, 0.1) is 5.69 Å². The number of nitrogens with two attached hydrogens (primary N) is 1. The molecule has 140 valence electrons. The number of nitrogens with zero attached hydrogens (tertiary/aromatic N) is 5. The molecular formula is C18H20N6O3. The first kappa shape index (κ1) is 18.3. The lowest BCUT2D eigenvalue weighted by Crippen LogP contribution is -2.54. The van der Waals surface area contributed by atoms with Gasteiger partial charge in [0, 0.05) is 51.2 Å². The Morgan fingerprint density at radius 2 is 1.59 bits per heavy atom. The summed E-state index contributed by atoms with van der Waals surface area (Å²) in [5.41, 5.74) is 6.45. The zero-order chi connectivity index (χ0) is 19.4. The number of imide groups is 1. The molecule has 0 radical (unpaired) electrons. The van der Waals surface area contributed by atoms with Gasteiger partial charge in [-0.2, -0.15) is 0 Å². The highest BCUT2D eigenvalue weighted by Crippen LogP contribution is 2.18. The van der Waals surface area contributed by atoms with E-state index in [1.807, 2.05) is 4.90 Å². The predicted octanol–water partition coefficient (Wildman–Crippen LogP) is 0.287. The minimum Gasteiger partial charge on any atom is -0.399 e. The second kappa shape index (κ2) is 7.81. The van der Waals surface area contributed by atoms with Gasteiger partial charge in [0.1, 0.15) is 0 Å². The van der Waals surface area contributed by atoms with Crippen LogP contribution in [-0.2, 0) is 14.4 Å². The fraction of sp³-hybridized carbons (Fsp3) is 0.278. The summed E-state index contributed by atoms with van der Waals surface area (Å²) in [7, 11) is 0. The molecule has 27 heavy (non-hydrogen) atoms. The fourth-order valence-electron chi connectivity index (χ4n) is 2.86. The molecule has 9 heteroatoms. The molecule has 9 nitrogen and oxygen atoms in total. The van der Waals surface area contributed by atoms with Crippen molar-refractivity contribution < 1.29 is 14.4 Å². The van der Waals surface area contributed by atoms with Gasteiger partial charge in [-0.3, -0.25) is 14.4 Å². The topological polar surface area (TPSA) is 113 Å². The Balaban J connectivity index is 1.68. The van der Waals surface area contributed by atoms with Gasteiger partial charge in [-0.25, -0.2) is 14.9 Å². The average molecular weight is 368 g/mol. The number of aromatic nitrogens is 2. The molecule has 1 fully saturated rings. The number of benzene rings is 1. The number of hydrogen-bond acceptors (Lipinski definition) is 7. The lowest BCUT2D eigenvalue weighted by atomic mass is 10.2. The van der Waals surface area contributed by atoms with Crippen molar-refractivity contribution in [1.29, 1.82) is 0 Å². The normalized spacial score (nSPS) is 14.0. The molecule has 3 amide bonds. The Morgan fingerprint density at radius 1 is 1.00 bits per heavy atom. The molecule has 0 atom stereocenters. The van der Waals surface area contributed by atoms with Crippen LogP contribution in [0.5, 0.6) is 0 Å². The van der Waals surface area contributed by atoms with E-state index in [-0.39, 0.29) is 0 Å². The molecule has 1 aromatic heterocycles. The lowest BCUT2D eigenvalue weighted by molar-refractivity contribution is -0.145. The SMILES string of the molecule is CC(=O)N(C(=O)C(=O)N1CCN(c2ncccn2)CC1)c1ccc(N)cc1. The van der Waals surface area contributed by atoms with Crippen molar-refractivity contribution in [2.24, 2.45) is 0 Å². The summed E-state index contributed by atoms with van der Waals surface area (Å²) in [4.78, 5) is 49.9. The van der Waals surface area contributed by atoms with Crippen LogP contribution in [0.1, 0.15) is 6.92 Å². The standard InChI is InChI=1S/C18H20N6O3/c1-13(25)24(15-5-3-14(19)4-6-15)17(27)16(26)22-9-11-23(12-10-22)18-20-7-2-8-21-18/h2-8H,9-12,19H2,1H3. The van der Waals surface area contributed by atoms with Crippen LogP contribution in [0.15, 0.2) is 42.7 Å². The minimum atomic E-state index is -0.878. The third-order valence-corrected chi connectivity index (χ3v) is 4.25. The number of carbonyl (C=O) groups is 3. The Hall–Kier alpha value is -3.49. The van der Waals surface area contributed by atoms with E-state index in [4.69, 9.17) is 5.73 Å². The summed E-state index contributed by atoms with van der Waals surface area (Å²) in [5.74, 6) is -1.54. The molecule has 0 saturated carbocycles. The number of amides is 3. The summed E-state index contributed by atoms with van der Waals surface area (Å²) in [6, 6.07) is 7.94. The van der Waals surface area contributed by atoms with Gasteiger partial charge in [0.15, 0.2) is 0 Å². The zero-order valence-electron chi connectivity index (χ0n) is 14.9. The van der Waals surface area contributed by atoms with Crippen molar-refractivity contribution in [2.45, 2.75) is 6.92 Å². The van der Waals surface area contributed by atoms with E-state index in [9.17, 15) is 14.4 Å². The van der Waals surface area contributed by atoms with Crippen LogP contribution in [0.25, 0.3) is 0 Å². The summed E-state index contributed by atoms with van der Waals surface area (Å²) >= 11 is 0. The van der Waals surface area contributed by atoms with Crippen molar-refractivity contribution in [3.63, 3.8) is 0 Å². The van der Waals surface area contributed by atoms with Gasteiger partial charge in [0.25, 0.3) is 0 Å². The summed E-state index contributed by atoms with van der Waals surface area (Å²) in [6.45, 7) is 2.94. The molecule has 2 heterocycles. The van der Waals surface area contributed by atoms with E-state index in [0.717, 1.165) is 4.90 Å². The highest BCUT2D eigenvalue weighted by atomic mass is 16.2. The number of rotatable bonds is 2. The molecule has 1 aliphatic heterocycles. The van der Waals surface area contributed by atoms with Crippen LogP contribution in [0, 0.1) is 0 Å². The predicted molar refractivity (Wildman–Crippen MR) is 99.8 cm³/mol. The third-order valence-electron chi connectivity index (χ3n) is 4.25. The van der Waals surface area contributed by atoms with E-state index >= 15 is 0 Å². The molecule has 0 bridgehead atoms. The number of carbonyl (C=O) groups excluding carboxylic acids is 3. The van der Waals surface area contributed by atoms with E-state index in [2.05, 4.69) is 9.97 Å². The smallest absolute Gasteiger partial charge is 0.323 e. The second-order valence-corrected chi connectivity index (χ2v) is 6.08. The van der Waals surface area contributed by atoms with Crippen molar-refractivity contribution in [2.75, 3.05) is 41.7 Å². The van der Waals surface area contributed by atoms with Gasteiger partial charge in [-0.15, -0.1) is 0 Å². The van der Waals surface area contributed by atoms with Gasteiger partial charge >= 0.3 is 11.8 Å². The summed E-state index contributed by atoms with van der Waals surface area (Å²) < 4.78 is 0. The summed E-state index contributed by atoms with van der Waals surface area (Å²) in [5, 5.41) is 0. The van der Waals surface area contributed by atoms with Crippen molar-refractivity contribution in [1.82, 2.24) is 14.9 Å². The number of nitrogen functional groups attached to an aromatic ring is 1. The van der Waals surface area contributed by atoms with Crippen LogP contribution in [0.2, 0.25) is 0 Å². The summed E-state index contributed by atoms with van der Waals surface area (Å²) in [6.07, 6.45) is 3.31. The minimum absolute atomic E-state index is 0.311. The molecule has 1 aromatic carbocycles. The lowest BCUT2D eigenvalue weighted by Gasteiger charge is -2.34.